The fourth-order valence-corrected chi connectivity index (χ4v) is 3.62. The van der Waals surface area contributed by atoms with Crippen molar-refractivity contribution >= 4 is 11.6 Å². The van der Waals surface area contributed by atoms with Crippen molar-refractivity contribution in [2.75, 3.05) is 13.7 Å². The highest BCUT2D eigenvalue weighted by Crippen LogP contribution is 2.27. The molecule has 0 bridgehead atoms. The van der Waals surface area contributed by atoms with E-state index < -0.39 is 0 Å². The lowest BCUT2D eigenvalue weighted by Gasteiger charge is -2.18. The van der Waals surface area contributed by atoms with Crippen LogP contribution in [-0.4, -0.2) is 30.3 Å². The summed E-state index contributed by atoms with van der Waals surface area (Å²) in [6.45, 7) is 3.02. The van der Waals surface area contributed by atoms with Gasteiger partial charge >= 0.3 is 0 Å². The van der Waals surface area contributed by atoms with E-state index in [1.54, 1.807) is 19.4 Å². The average molecular weight is 400 g/mol. The van der Waals surface area contributed by atoms with Crippen molar-refractivity contribution in [3.63, 3.8) is 0 Å². The van der Waals surface area contributed by atoms with Gasteiger partial charge in [0.05, 0.1) is 19.7 Å². The van der Waals surface area contributed by atoms with Crippen LogP contribution in [0.5, 0.6) is 5.75 Å². The molecular formula is C24H24N4O2. The molecule has 0 saturated heterocycles. The Balaban J connectivity index is 1.57. The van der Waals surface area contributed by atoms with E-state index in [0.717, 1.165) is 40.3 Å². The van der Waals surface area contributed by atoms with Crippen LogP contribution in [0.4, 0.5) is 0 Å². The van der Waals surface area contributed by atoms with Gasteiger partial charge in [-0.25, -0.2) is 0 Å². The summed E-state index contributed by atoms with van der Waals surface area (Å²) in [4.78, 5) is 21.6. The number of aliphatic imine (C=N–C) groups is 1. The van der Waals surface area contributed by atoms with E-state index in [9.17, 15) is 4.79 Å². The number of amides is 1. The standard InChI is InChI=1S/C24H24N4O2/c1-15-21-11-16(6-7-19(21)14-27-15)17-8-9-26-22(12-17)24(29)28-23(13-25)18-4-3-5-20(10-18)30-2/h3-12,23H,13-14,25H2,1-2H3,(H,28,29)/t23-/m0/s1. The lowest BCUT2D eigenvalue weighted by molar-refractivity contribution is 0.0932. The van der Waals surface area contributed by atoms with Crippen LogP contribution >= 0.6 is 0 Å². The number of hydrogen-bond donors (Lipinski definition) is 2. The molecule has 0 radical (unpaired) electrons. The maximum atomic E-state index is 12.9. The lowest BCUT2D eigenvalue weighted by Crippen LogP contribution is -2.33. The summed E-state index contributed by atoms with van der Waals surface area (Å²) in [6, 6.07) is 17.2. The number of aromatic nitrogens is 1. The zero-order valence-corrected chi connectivity index (χ0v) is 17.1. The van der Waals surface area contributed by atoms with Gasteiger partial charge in [-0.2, -0.15) is 0 Å². The van der Waals surface area contributed by atoms with Crippen LogP contribution in [0.1, 0.15) is 40.1 Å². The summed E-state index contributed by atoms with van der Waals surface area (Å²) in [5, 5.41) is 2.98. The van der Waals surface area contributed by atoms with Gasteiger partial charge in [0.1, 0.15) is 11.4 Å². The summed E-state index contributed by atoms with van der Waals surface area (Å²) in [6.07, 6.45) is 1.65. The largest absolute Gasteiger partial charge is 0.497 e. The van der Waals surface area contributed by atoms with Crippen LogP contribution in [-0.2, 0) is 6.54 Å². The molecule has 1 aliphatic heterocycles. The van der Waals surface area contributed by atoms with Crippen molar-refractivity contribution in [1.29, 1.82) is 0 Å². The van der Waals surface area contributed by atoms with Crippen molar-refractivity contribution < 1.29 is 9.53 Å². The van der Waals surface area contributed by atoms with E-state index in [1.807, 2.05) is 37.3 Å². The summed E-state index contributed by atoms with van der Waals surface area (Å²) in [5.41, 5.74) is 12.6. The molecule has 1 aliphatic rings. The monoisotopic (exact) mass is 400 g/mol. The van der Waals surface area contributed by atoms with Crippen LogP contribution in [0.15, 0.2) is 65.8 Å². The predicted octanol–water partition coefficient (Wildman–Crippen LogP) is 3.51. The van der Waals surface area contributed by atoms with Crippen molar-refractivity contribution in [3.05, 3.63) is 83.2 Å². The summed E-state index contributed by atoms with van der Waals surface area (Å²) < 4.78 is 5.27. The maximum absolute atomic E-state index is 12.9. The molecule has 152 valence electrons. The number of methoxy groups -OCH3 is 1. The highest BCUT2D eigenvalue weighted by molar-refractivity contribution is 6.03. The highest BCUT2D eigenvalue weighted by Gasteiger charge is 2.17. The van der Waals surface area contributed by atoms with Gasteiger partial charge in [-0.05, 0) is 59.5 Å². The molecule has 2 aromatic carbocycles. The van der Waals surface area contributed by atoms with Crippen LogP contribution in [0.2, 0.25) is 0 Å². The Morgan fingerprint density at radius 1 is 1.17 bits per heavy atom. The van der Waals surface area contributed by atoms with Crippen molar-refractivity contribution in [3.8, 4) is 16.9 Å². The minimum Gasteiger partial charge on any atom is -0.497 e. The fraction of sp³-hybridized carbons (Fsp3) is 0.208. The number of carbonyl (C=O) groups excluding carboxylic acids is 1. The molecule has 0 fully saturated rings. The number of rotatable bonds is 6. The second kappa shape index (κ2) is 8.47. The SMILES string of the molecule is COc1cccc([C@H](CN)NC(=O)c2cc(-c3ccc4c(c3)C(C)=NC4)ccn2)c1. The van der Waals surface area contributed by atoms with E-state index >= 15 is 0 Å². The maximum Gasteiger partial charge on any atom is 0.270 e. The van der Waals surface area contributed by atoms with Gasteiger partial charge in [-0.3, -0.25) is 14.8 Å². The van der Waals surface area contributed by atoms with Crippen LogP contribution < -0.4 is 15.8 Å². The number of pyridine rings is 1. The Kier molecular flexibility index (Phi) is 5.59. The third-order valence-corrected chi connectivity index (χ3v) is 5.35. The number of ether oxygens (including phenoxy) is 1. The molecule has 6 nitrogen and oxygen atoms in total. The quantitative estimate of drug-likeness (QED) is 0.663. The third-order valence-electron chi connectivity index (χ3n) is 5.35. The van der Waals surface area contributed by atoms with Crippen LogP contribution in [0.3, 0.4) is 0 Å². The molecule has 0 unspecified atom stereocenters. The number of fused-ring (bicyclic) bond motifs is 1. The van der Waals surface area contributed by atoms with Gasteiger partial charge in [0.15, 0.2) is 0 Å². The smallest absolute Gasteiger partial charge is 0.270 e. The molecule has 3 aromatic rings. The molecule has 3 N–H and O–H groups in total. The molecule has 0 saturated carbocycles. The van der Waals surface area contributed by atoms with Crippen molar-refractivity contribution in [2.45, 2.75) is 19.5 Å². The Labute approximate surface area is 175 Å². The normalized spacial score (nSPS) is 13.4. The van der Waals surface area contributed by atoms with E-state index in [1.165, 1.54) is 5.56 Å². The van der Waals surface area contributed by atoms with E-state index in [0.29, 0.717) is 5.69 Å². The van der Waals surface area contributed by atoms with Gasteiger partial charge in [0.25, 0.3) is 5.91 Å². The Morgan fingerprint density at radius 2 is 2.00 bits per heavy atom. The van der Waals surface area contributed by atoms with Crippen molar-refractivity contribution in [1.82, 2.24) is 10.3 Å². The highest BCUT2D eigenvalue weighted by atomic mass is 16.5. The Hall–Kier alpha value is -3.51. The summed E-state index contributed by atoms with van der Waals surface area (Å²) in [7, 11) is 1.61. The predicted molar refractivity (Wildman–Crippen MR) is 118 cm³/mol. The molecule has 0 aliphatic carbocycles. The number of nitrogens with one attached hydrogen (secondary N) is 1. The third kappa shape index (κ3) is 3.95. The zero-order valence-electron chi connectivity index (χ0n) is 17.1. The first-order chi connectivity index (χ1) is 14.6. The first kappa shape index (κ1) is 19.8. The first-order valence-electron chi connectivity index (χ1n) is 9.84. The topological polar surface area (TPSA) is 89.6 Å². The zero-order chi connectivity index (χ0) is 21.1. The Morgan fingerprint density at radius 3 is 2.80 bits per heavy atom. The fourth-order valence-electron chi connectivity index (χ4n) is 3.62. The molecule has 0 spiro atoms. The summed E-state index contributed by atoms with van der Waals surface area (Å²) >= 11 is 0. The van der Waals surface area contributed by atoms with E-state index in [-0.39, 0.29) is 18.5 Å². The average Bonchev–Trinajstić information content (AvgIpc) is 3.17. The molecule has 1 atom stereocenters. The number of nitrogens with two attached hydrogens (primary N) is 1. The number of carbonyl (C=O) groups is 1. The van der Waals surface area contributed by atoms with Crippen molar-refractivity contribution in [2.24, 2.45) is 10.7 Å². The minimum atomic E-state index is -0.336. The second-order valence-corrected chi connectivity index (χ2v) is 7.24. The molecule has 1 amide bonds. The van der Waals surface area contributed by atoms with Crippen LogP contribution in [0.25, 0.3) is 11.1 Å². The van der Waals surface area contributed by atoms with Crippen LogP contribution in [0, 0.1) is 0 Å². The molecule has 6 heteroatoms. The molecule has 2 heterocycles. The number of benzene rings is 2. The number of hydrogen-bond acceptors (Lipinski definition) is 5. The Bertz CT molecular complexity index is 1120. The van der Waals surface area contributed by atoms with Gasteiger partial charge in [0, 0.05) is 24.0 Å². The molecular weight excluding hydrogens is 376 g/mol. The molecule has 4 rings (SSSR count). The van der Waals surface area contributed by atoms with Gasteiger partial charge < -0.3 is 15.8 Å². The molecule has 30 heavy (non-hydrogen) atoms. The van der Waals surface area contributed by atoms with E-state index in [4.69, 9.17) is 10.5 Å². The second-order valence-electron chi connectivity index (χ2n) is 7.24. The van der Waals surface area contributed by atoms with Gasteiger partial charge in [-0.15, -0.1) is 0 Å². The summed E-state index contributed by atoms with van der Waals surface area (Å²) in [5.74, 6) is 0.449. The van der Waals surface area contributed by atoms with E-state index in [2.05, 4.69) is 33.5 Å². The van der Waals surface area contributed by atoms with Gasteiger partial charge in [-0.1, -0.05) is 24.3 Å². The molecule has 1 aromatic heterocycles. The van der Waals surface area contributed by atoms with Gasteiger partial charge in [0.2, 0.25) is 0 Å². The lowest BCUT2D eigenvalue weighted by atomic mass is 9.98. The first-order valence-corrected chi connectivity index (χ1v) is 9.84. The minimum absolute atomic E-state index is 0.266. The number of nitrogens with zero attached hydrogens (tertiary/aromatic N) is 2.